The van der Waals surface area contributed by atoms with E-state index in [-0.39, 0.29) is 0 Å². The molecule has 0 amide bonds. The van der Waals surface area contributed by atoms with E-state index in [1.807, 2.05) is 0 Å². The molecule has 1 aliphatic rings. The van der Waals surface area contributed by atoms with Crippen molar-refractivity contribution in [1.29, 1.82) is 0 Å². The van der Waals surface area contributed by atoms with Gasteiger partial charge in [0.2, 0.25) is 0 Å². The van der Waals surface area contributed by atoms with Gasteiger partial charge in [0.1, 0.15) is 0 Å². The van der Waals surface area contributed by atoms with E-state index in [9.17, 15) is 0 Å². The summed E-state index contributed by atoms with van der Waals surface area (Å²) >= 11 is 0. The summed E-state index contributed by atoms with van der Waals surface area (Å²) in [5.41, 5.74) is 4.65. The molecule has 0 aliphatic heterocycles. The van der Waals surface area contributed by atoms with Crippen LogP contribution in [0.3, 0.4) is 0 Å². The van der Waals surface area contributed by atoms with Crippen LogP contribution in [0.4, 0.5) is 0 Å². The Labute approximate surface area is 111 Å². The number of aryl methyl sites for hydroxylation is 2. The largest absolute Gasteiger partial charge is 0.315 e. The van der Waals surface area contributed by atoms with Gasteiger partial charge in [-0.25, -0.2) is 0 Å². The van der Waals surface area contributed by atoms with Gasteiger partial charge in [0, 0.05) is 19.1 Å². The standard InChI is InChI=1S/C16H26N2/c1-13(2)18-11-10-17-9-8-14-6-7-15-4-3-5-16(15)12-14/h6-7,12-13,17-18H,3-5,8-11H2,1-2H3. The molecule has 0 unspecified atom stereocenters. The predicted octanol–water partition coefficient (Wildman–Crippen LogP) is 2.31. The zero-order valence-electron chi connectivity index (χ0n) is 11.8. The molecule has 0 aromatic heterocycles. The van der Waals surface area contributed by atoms with Gasteiger partial charge < -0.3 is 10.6 Å². The quantitative estimate of drug-likeness (QED) is 0.721. The third-order valence-corrected chi connectivity index (χ3v) is 3.61. The second-order valence-electron chi connectivity index (χ2n) is 5.57. The van der Waals surface area contributed by atoms with Crippen LogP contribution in [-0.4, -0.2) is 25.7 Å². The van der Waals surface area contributed by atoms with Gasteiger partial charge >= 0.3 is 0 Å². The molecule has 2 nitrogen and oxygen atoms in total. The summed E-state index contributed by atoms with van der Waals surface area (Å²) in [4.78, 5) is 0. The monoisotopic (exact) mass is 246 g/mol. The summed E-state index contributed by atoms with van der Waals surface area (Å²) in [7, 11) is 0. The smallest absolute Gasteiger partial charge is 0.00790 e. The first-order chi connectivity index (χ1) is 8.75. The van der Waals surface area contributed by atoms with Crippen molar-refractivity contribution in [3.8, 4) is 0 Å². The Kier molecular flexibility index (Phi) is 5.21. The van der Waals surface area contributed by atoms with Crippen LogP contribution in [0.1, 0.15) is 37.0 Å². The maximum Gasteiger partial charge on any atom is 0.00790 e. The molecule has 0 atom stereocenters. The van der Waals surface area contributed by atoms with E-state index in [0.717, 1.165) is 26.1 Å². The third kappa shape index (κ3) is 4.11. The van der Waals surface area contributed by atoms with Gasteiger partial charge in [-0.05, 0) is 48.9 Å². The van der Waals surface area contributed by atoms with Crippen molar-refractivity contribution in [3.05, 3.63) is 34.9 Å². The summed E-state index contributed by atoms with van der Waals surface area (Å²) in [5.74, 6) is 0. The number of rotatable bonds is 7. The van der Waals surface area contributed by atoms with Crippen LogP contribution in [-0.2, 0) is 19.3 Å². The topological polar surface area (TPSA) is 24.1 Å². The number of hydrogen-bond donors (Lipinski definition) is 2. The van der Waals surface area contributed by atoms with Crippen LogP contribution in [0, 0.1) is 0 Å². The lowest BCUT2D eigenvalue weighted by Crippen LogP contribution is -2.32. The highest BCUT2D eigenvalue weighted by Gasteiger charge is 2.10. The molecule has 0 saturated heterocycles. The number of benzene rings is 1. The molecule has 0 heterocycles. The minimum Gasteiger partial charge on any atom is -0.315 e. The SMILES string of the molecule is CC(C)NCCNCCc1ccc2c(c1)CCC2. The lowest BCUT2D eigenvalue weighted by molar-refractivity contribution is 0.556. The Hall–Kier alpha value is -0.860. The number of nitrogens with one attached hydrogen (secondary N) is 2. The van der Waals surface area contributed by atoms with Gasteiger partial charge in [-0.3, -0.25) is 0 Å². The van der Waals surface area contributed by atoms with Crippen LogP contribution in [0.2, 0.25) is 0 Å². The molecule has 0 fully saturated rings. The van der Waals surface area contributed by atoms with Gasteiger partial charge in [0.15, 0.2) is 0 Å². The van der Waals surface area contributed by atoms with Crippen molar-refractivity contribution in [2.24, 2.45) is 0 Å². The van der Waals surface area contributed by atoms with Crippen molar-refractivity contribution >= 4 is 0 Å². The van der Waals surface area contributed by atoms with E-state index < -0.39 is 0 Å². The molecule has 0 bridgehead atoms. The normalized spacial score (nSPS) is 14.2. The molecule has 1 aromatic carbocycles. The Morgan fingerprint density at radius 1 is 1.06 bits per heavy atom. The van der Waals surface area contributed by atoms with E-state index in [4.69, 9.17) is 0 Å². The fraction of sp³-hybridized carbons (Fsp3) is 0.625. The number of fused-ring (bicyclic) bond motifs is 1. The molecule has 1 aliphatic carbocycles. The molecule has 0 saturated carbocycles. The first kappa shape index (κ1) is 13.6. The fourth-order valence-corrected chi connectivity index (χ4v) is 2.59. The molecular weight excluding hydrogens is 220 g/mol. The third-order valence-electron chi connectivity index (χ3n) is 3.61. The summed E-state index contributed by atoms with van der Waals surface area (Å²) in [5, 5.41) is 6.91. The van der Waals surface area contributed by atoms with Crippen molar-refractivity contribution in [2.75, 3.05) is 19.6 Å². The Balaban J connectivity index is 1.65. The fourth-order valence-electron chi connectivity index (χ4n) is 2.59. The van der Waals surface area contributed by atoms with Crippen molar-refractivity contribution < 1.29 is 0 Å². The average molecular weight is 246 g/mol. The summed E-state index contributed by atoms with van der Waals surface area (Å²) < 4.78 is 0. The highest BCUT2D eigenvalue weighted by molar-refractivity contribution is 5.35. The van der Waals surface area contributed by atoms with E-state index in [0.29, 0.717) is 6.04 Å². The first-order valence-electron chi connectivity index (χ1n) is 7.30. The van der Waals surface area contributed by atoms with E-state index in [2.05, 4.69) is 42.7 Å². The molecule has 0 radical (unpaired) electrons. The second-order valence-corrected chi connectivity index (χ2v) is 5.57. The lowest BCUT2D eigenvalue weighted by Gasteiger charge is -2.09. The molecule has 100 valence electrons. The highest BCUT2D eigenvalue weighted by atomic mass is 14.9. The maximum atomic E-state index is 3.49. The molecule has 18 heavy (non-hydrogen) atoms. The van der Waals surface area contributed by atoms with Crippen LogP contribution < -0.4 is 10.6 Å². The van der Waals surface area contributed by atoms with Gasteiger partial charge in [0.25, 0.3) is 0 Å². The molecule has 2 N–H and O–H groups in total. The van der Waals surface area contributed by atoms with Crippen LogP contribution in [0.25, 0.3) is 0 Å². The van der Waals surface area contributed by atoms with Gasteiger partial charge in [-0.1, -0.05) is 32.0 Å². The van der Waals surface area contributed by atoms with Gasteiger partial charge in [0.05, 0.1) is 0 Å². The van der Waals surface area contributed by atoms with E-state index in [1.165, 1.54) is 24.8 Å². The molecule has 2 rings (SSSR count). The van der Waals surface area contributed by atoms with Crippen molar-refractivity contribution in [1.82, 2.24) is 10.6 Å². The summed E-state index contributed by atoms with van der Waals surface area (Å²) in [6.45, 7) is 7.57. The molecular formula is C16H26N2. The van der Waals surface area contributed by atoms with Gasteiger partial charge in [-0.2, -0.15) is 0 Å². The Morgan fingerprint density at radius 2 is 1.89 bits per heavy atom. The molecule has 1 aromatic rings. The Morgan fingerprint density at radius 3 is 2.72 bits per heavy atom. The lowest BCUT2D eigenvalue weighted by atomic mass is 10.0. The molecule has 0 spiro atoms. The van der Waals surface area contributed by atoms with Crippen LogP contribution in [0.15, 0.2) is 18.2 Å². The summed E-state index contributed by atoms with van der Waals surface area (Å²) in [6, 6.07) is 7.63. The van der Waals surface area contributed by atoms with Crippen molar-refractivity contribution in [3.63, 3.8) is 0 Å². The van der Waals surface area contributed by atoms with E-state index >= 15 is 0 Å². The Bertz CT molecular complexity index is 371. The van der Waals surface area contributed by atoms with Gasteiger partial charge in [-0.15, -0.1) is 0 Å². The van der Waals surface area contributed by atoms with E-state index in [1.54, 1.807) is 11.1 Å². The zero-order valence-corrected chi connectivity index (χ0v) is 11.8. The minimum absolute atomic E-state index is 0.587. The zero-order chi connectivity index (χ0) is 12.8. The second kappa shape index (κ2) is 6.91. The van der Waals surface area contributed by atoms with Crippen molar-refractivity contribution in [2.45, 2.75) is 45.6 Å². The van der Waals surface area contributed by atoms with Crippen LogP contribution in [0.5, 0.6) is 0 Å². The highest BCUT2D eigenvalue weighted by Crippen LogP contribution is 2.22. The average Bonchev–Trinajstić information content (AvgIpc) is 2.80. The summed E-state index contributed by atoms with van der Waals surface area (Å²) in [6.07, 6.45) is 5.07. The van der Waals surface area contributed by atoms with Crippen LogP contribution >= 0.6 is 0 Å². The maximum absolute atomic E-state index is 3.49. The minimum atomic E-state index is 0.587. The first-order valence-corrected chi connectivity index (χ1v) is 7.30. The number of hydrogen-bond acceptors (Lipinski definition) is 2. The molecule has 2 heteroatoms. The predicted molar refractivity (Wildman–Crippen MR) is 78.2 cm³/mol.